The largest absolute Gasteiger partial charge is 0.392 e. The number of hydrogen-bond acceptors (Lipinski definition) is 2. The molecule has 0 radical (unpaired) electrons. The van der Waals surface area contributed by atoms with Crippen LogP contribution in [-0.2, 0) is 6.42 Å². The number of hydrogen-bond donors (Lipinski definition) is 2. The van der Waals surface area contributed by atoms with Gasteiger partial charge >= 0.3 is 0 Å². The molecule has 0 saturated heterocycles. The molecule has 2 heteroatoms. The molecule has 0 aliphatic carbocycles. The third-order valence-corrected chi connectivity index (χ3v) is 6.91. The predicted octanol–water partition coefficient (Wildman–Crippen LogP) is 7.03. The highest BCUT2D eigenvalue weighted by molar-refractivity contribution is 5.87. The van der Waals surface area contributed by atoms with Gasteiger partial charge in [0.1, 0.15) is 0 Å². The lowest BCUT2D eigenvalue weighted by Crippen LogP contribution is -2.32. The van der Waals surface area contributed by atoms with Crippen molar-refractivity contribution < 1.29 is 5.11 Å². The fourth-order valence-corrected chi connectivity index (χ4v) is 5.07. The molecule has 0 saturated carbocycles. The van der Waals surface area contributed by atoms with E-state index in [0.29, 0.717) is 13.0 Å². The number of rotatable bonds is 8. The molecule has 170 valence electrons. The summed E-state index contributed by atoms with van der Waals surface area (Å²) in [5.41, 5.74) is 3.63. The van der Waals surface area contributed by atoms with Crippen LogP contribution in [0.4, 0.5) is 0 Å². The van der Waals surface area contributed by atoms with Crippen LogP contribution in [0.15, 0.2) is 115 Å². The van der Waals surface area contributed by atoms with Gasteiger partial charge in [0, 0.05) is 18.5 Å². The van der Waals surface area contributed by atoms with Crippen LogP contribution in [0.5, 0.6) is 0 Å². The SMILES string of the molecule is C[C@H](NC[C@@H](c1cccc2ccccc12)C(O)Cc1ccccc1)c1cccc2ccccc12. The smallest absolute Gasteiger partial charge is 0.0661 e. The van der Waals surface area contributed by atoms with E-state index in [4.69, 9.17) is 0 Å². The van der Waals surface area contributed by atoms with Gasteiger partial charge in [0.2, 0.25) is 0 Å². The minimum absolute atomic E-state index is 0.0382. The van der Waals surface area contributed by atoms with Crippen molar-refractivity contribution >= 4 is 21.5 Å². The van der Waals surface area contributed by atoms with Crippen molar-refractivity contribution in [3.63, 3.8) is 0 Å². The van der Waals surface area contributed by atoms with Crippen molar-refractivity contribution in [3.8, 4) is 0 Å². The lowest BCUT2D eigenvalue weighted by Gasteiger charge is -2.27. The predicted molar refractivity (Wildman–Crippen MR) is 143 cm³/mol. The lowest BCUT2D eigenvalue weighted by atomic mass is 9.86. The Kier molecular flexibility index (Phi) is 6.71. The molecule has 0 aromatic heterocycles. The summed E-state index contributed by atoms with van der Waals surface area (Å²) in [5.74, 6) is -0.0382. The maximum Gasteiger partial charge on any atom is 0.0661 e. The van der Waals surface area contributed by atoms with Crippen LogP contribution < -0.4 is 5.32 Å². The van der Waals surface area contributed by atoms with Crippen molar-refractivity contribution in [2.45, 2.75) is 31.4 Å². The summed E-state index contributed by atoms with van der Waals surface area (Å²) in [6.07, 6.45) is 0.124. The zero-order valence-corrected chi connectivity index (χ0v) is 19.6. The summed E-state index contributed by atoms with van der Waals surface area (Å²) in [6, 6.07) is 40.3. The van der Waals surface area contributed by atoms with Crippen LogP contribution in [0.3, 0.4) is 0 Å². The molecule has 2 nitrogen and oxygen atoms in total. The van der Waals surface area contributed by atoms with E-state index in [-0.39, 0.29) is 12.0 Å². The minimum atomic E-state index is -0.500. The van der Waals surface area contributed by atoms with E-state index in [1.54, 1.807) is 0 Å². The second kappa shape index (κ2) is 10.2. The number of benzene rings is 5. The van der Waals surface area contributed by atoms with E-state index in [9.17, 15) is 5.11 Å². The Hall–Kier alpha value is -3.46. The van der Waals surface area contributed by atoms with Gasteiger partial charge in [0.15, 0.2) is 0 Å². The number of aliphatic hydroxyl groups excluding tert-OH is 1. The van der Waals surface area contributed by atoms with Crippen molar-refractivity contribution in [1.82, 2.24) is 5.32 Å². The van der Waals surface area contributed by atoms with E-state index in [0.717, 1.165) is 5.56 Å². The fraction of sp³-hybridized carbons (Fsp3) is 0.188. The number of nitrogens with one attached hydrogen (secondary N) is 1. The molecule has 0 spiro atoms. The molecule has 0 bridgehead atoms. The quantitative estimate of drug-likeness (QED) is 0.269. The average Bonchev–Trinajstić information content (AvgIpc) is 2.89. The molecular weight excluding hydrogens is 414 g/mol. The Balaban J connectivity index is 1.45. The van der Waals surface area contributed by atoms with E-state index in [2.05, 4.69) is 109 Å². The molecule has 0 amide bonds. The molecule has 5 aromatic rings. The molecule has 0 fully saturated rings. The second-order valence-electron chi connectivity index (χ2n) is 9.13. The van der Waals surface area contributed by atoms with Crippen LogP contribution in [0.25, 0.3) is 21.5 Å². The van der Waals surface area contributed by atoms with Crippen molar-refractivity contribution in [3.05, 3.63) is 132 Å². The molecule has 34 heavy (non-hydrogen) atoms. The topological polar surface area (TPSA) is 32.3 Å². The van der Waals surface area contributed by atoms with Gasteiger partial charge in [-0.3, -0.25) is 0 Å². The third-order valence-electron chi connectivity index (χ3n) is 6.91. The first-order valence-corrected chi connectivity index (χ1v) is 12.1. The summed E-state index contributed by atoms with van der Waals surface area (Å²) in [7, 11) is 0. The zero-order chi connectivity index (χ0) is 23.3. The van der Waals surface area contributed by atoms with Gasteiger partial charge in [-0.05, 0) is 51.6 Å². The van der Waals surface area contributed by atoms with Crippen molar-refractivity contribution in [1.29, 1.82) is 0 Å². The molecule has 0 aliphatic heterocycles. The maximum atomic E-state index is 11.5. The lowest BCUT2D eigenvalue weighted by molar-refractivity contribution is 0.141. The summed E-state index contributed by atoms with van der Waals surface area (Å²) in [4.78, 5) is 0. The third kappa shape index (κ3) is 4.75. The Labute approximate surface area is 201 Å². The Morgan fingerprint density at radius 3 is 1.82 bits per heavy atom. The van der Waals surface area contributed by atoms with Gasteiger partial charge in [-0.25, -0.2) is 0 Å². The summed E-state index contributed by atoms with van der Waals surface area (Å²) in [6.45, 7) is 2.90. The first kappa shape index (κ1) is 22.3. The highest BCUT2D eigenvalue weighted by atomic mass is 16.3. The van der Waals surface area contributed by atoms with Gasteiger partial charge in [-0.15, -0.1) is 0 Å². The van der Waals surface area contributed by atoms with Gasteiger partial charge in [0.05, 0.1) is 6.10 Å². The molecule has 2 N–H and O–H groups in total. The van der Waals surface area contributed by atoms with Crippen LogP contribution in [0.2, 0.25) is 0 Å². The molecule has 0 aliphatic rings. The van der Waals surface area contributed by atoms with Gasteiger partial charge in [-0.1, -0.05) is 115 Å². The Bertz CT molecular complexity index is 1370. The van der Waals surface area contributed by atoms with E-state index in [1.807, 2.05) is 18.2 Å². The molecule has 3 atom stereocenters. The summed E-state index contributed by atoms with van der Waals surface area (Å²) in [5, 5.41) is 20.2. The van der Waals surface area contributed by atoms with Gasteiger partial charge < -0.3 is 10.4 Å². The maximum absolute atomic E-state index is 11.5. The summed E-state index contributed by atoms with van der Waals surface area (Å²) < 4.78 is 0. The fourth-order valence-electron chi connectivity index (χ4n) is 5.07. The first-order chi connectivity index (χ1) is 16.7. The standard InChI is InChI=1S/C32H31NO/c1-23(27-19-9-15-25-13-5-7-17-28(25)27)33-22-31(32(34)21-24-11-3-2-4-12-24)30-20-10-16-26-14-6-8-18-29(26)30/h2-20,23,31-34H,21-22H2,1H3/t23-,31-,32?/m0/s1. The number of fused-ring (bicyclic) bond motifs is 2. The number of aliphatic hydroxyl groups is 1. The van der Waals surface area contributed by atoms with Gasteiger partial charge in [0.25, 0.3) is 0 Å². The van der Waals surface area contributed by atoms with Crippen molar-refractivity contribution in [2.24, 2.45) is 0 Å². The van der Waals surface area contributed by atoms with Crippen LogP contribution >= 0.6 is 0 Å². The van der Waals surface area contributed by atoms with E-state index < -0.39 is 6.10 Å². The van der Waals surface area contributed by atoms with Gasteiger partial charge in [-0.2, -0.15) is 0 Å². The first-order valence-electron chi connectivity index (χ1n) is 12.1. The normalized spacial score (nSPS) is 14.2. The molecule has 0 heterocycles. The molecule has 5 rings (SSSR count). The monoisotopic (exact) mass is 445 g/mol. The minimum Gasteiger partial charge on any atom is -0.392 e. The second-order valence-corrected chi connectivity index (χ2v) is 9.13. The molecule has 1 unspecified atom stereocenters. The molecular formula is C32H31NO. The van der Waals surface area contributed by atoms with Crippen molar-refractivity contribution in [2.75, 3.05) is 6.54 Å². The van der Waals surface area contributed by atoms with Crippen LogP contribution in [-0.4, -0.2) is 17.8 Å². The average molecular weight is 446 g/mol. The highest BCUT2D eigenvalue weighted by Gasteiger charge is 2.24. The van der Waals surface area contributed by atoms with E-state index >= 15 is 0 Å². The van der Waals surface area contributed by atoms with Crippen LogP contribution in [0, 0.1) is 0 Å². The highest BCUT2D eigenvalue weighted by Crippen LogP contribution is 2.31. The zero-order valence-electron chi connectivity index (χ0n) is 19.6. The van der Waals surface area contributed by atoms with Crippen LogP contribution in [0.1, 0.15) is 35.6 Å². The van der Waals surface area contributed by atoms with E-state index in [1.165, 1.54) is 32.7 Å². The molecule has 5 aromatic carbocycles. The Morgan fingerprint density at radius 1 is 0.618 bits per heavy atom. The summed E-state index contributed by atoms with van der Waals surface area (Å²) >= 11 is 0. The Morgan fingerprint density at radius 2 is 1.15 bits per heavy atom.